The molecule has 7 nitrogen and oxygen atoms in total. The van der Waals surface area contributed by atoms with Gasteiger partial charge in [0.1, 0.15) is 25.6 Å². The molecular formula is C23H22ClFN2O5S. The van der Waals surface area contributed by atoms with Crippen molar-refractivity contribution in [3.8, 4) is 17.2 Å². The maximum Gasteiger partial charge on any atom is 0.261 e. The number of hydrogen-bond acceptors (Lipinski definition) is 6. The molecule has 0 atom stereocenters. The van der Waals surface area contributed by atoms with Gasteiger partial charge in [0.2, 0.25) is 5.75 Å². The van der Waals surface area contributed by atoms with E-state index in [9.17, 15) is 12.8 Å². The highest BCUT2D eigenvalue weighted by Crippen LogP contribution is 2.38. The maximum atomic E-state index is 13.3. The van der Waals surface area contributed by atoms with Crippen molar-refractivity contribution in [1.29, 1.82) is 0 Å². The van der Waals surface area contributed by atoms with Gasteiger partial charge in [0.05, 0.1) is 9.92 Å². The maximum absolute atomic E-state index is 13.3. The summed E-state index contributed by atoms with van der Waals surface area (Å²) >= 11 is 5.71. The Bertz CT molecular complexity index is 1240. The van der Waals surface area contributed by atoms with Crippen LogP contribution in [0.25, 0.3) is 0 Å². The Morgan fingerprint density at radius 2 is 1.85 bits per heavy atom. The highest BCUT2D eigenvalue weighted by molar-refractivity contribution is 7.92. The summed E-state index contributed by atoms with van der Waals surface area (Å²) in [6.07, 6.45) is 0. The molecular weight excluding hydrogens is 471 g/mol. The van der Waals surface area contributed by atoms with Crippen LogP contribution in [0.4, 0.5) is 10.1 Å². The zero-order chi connectivity index (χ0) is 23.3. The van der Waals surface area contributed by atoms with Crippen LogP contribution in [0, 0.1) is 5.82 Å². The quantitative estimate of drug-likeness (QED) is 0.435. The fraction of sp³-hybridized carbons (Fsp3) is 0.217. The van der Waals surface area contributed by atoms with Gasteiger partial charge in [-0.15, -0.1) is 0 Å². The van der Waals surface area contributed by atoms with Gasteiger partial charge in [-0.05, 0) is 48.0 Å². The van der Waals surface area contributed by atoms with E-state index in [0.717, 1.165) is 23.8 Å². The second kappa shape index (κ2) is 10.3. The van der Waals surface area contributed by atoms with E-state index >= 15 is 0 Å². The van der Waals surface area contributed by atoms with Crippen LogP contribution in [-0.4, -0.2) is 34.8 Å². The minimum absolute atomic E-state index is 0.118. The van der Waals surface area contributed by atoms with Gasteiger partial charge in [-0.25, -0.2) is 12.8 Å². The van der Waals surface area contributed by atoms with Gasteiger partial charge in [-0.2, -0.15) is 0 Å². The van der Waals surface area contributed by atoms with Crippen molar-refractivity contribution in [3.63, 3.8) is 0 Å². The van der Waals surface area contributed by atoms with Crippen molar-refractivity contribution in [1.82, 2.24) is 5.32 Å². The number of hydrogen-bond donors (Lipinski definition) is 2. The summed E-state index contributed by atoms with van der Waals surface area (Å²) in [5, 5.41) is 3.00. The number of fused-ring (bicyclic) bond motifs is 1. The van der Waals surface area contributed by atoms with Crippen LogP contribution in [0.3, 0.4) is 0 Å². The lowest BCUT2D eigenvalue weighted by Crippen LogP contribution is -2.21. The molecule has 0 radical (unpaired) electrons. The van der Waals surface area contributed by atoms with Gasteiger partial charge >= 0.3 is 0 Å². The first-order valence-corrected chi connectivity index (χ1v) is 12.1. The first kappa shape index (κ1) is 23.2. The molecule has 0 unspecified atom stereocenters. The third-order valence-corrected chi connectivity index (χ3v) is 6.44. The van der Waals surface area contributed by atoms with E-state index in [4.69, 9.17) is 25.8 Å². The van der Waals surface area contributed by atoms with Crippen LogP contribution in [0.2, 0.25) is 5.02 Å². The molecule has 3 aromatic carbocycles. The van der Waals surface area contributed by atoms with Gasteiger partial charge in [0.25, 0.3) is 10.0 Å². The molecule has 0 saturated heterocycles. The van der Waals surface area contributed by atoms with Crippen LogP contribution in [0.1, 0.15) is 5.56 Å². The predicted molar refractivity (Wildman–Crippen MR) is 123 cm³/mol. The fourth-order valence-electron chi connectivity index (χ4n) is 3.23. The molecule has 3 aromatic rings. The lowest BCUT2D eigenvalue weighted by Gasteiger charge is -2.20. The summed E-state index contributed by atoms with van der Waals surface area (Å²) in [4.78, 5) is -0.118. The van der Waals surface area contributed by atoms with Gasteiger partial charge in [0.15, 0.2) is 11.5 Å². The molecule has 0 aliphatic carbocycles. The van der Waals surface area contributed by atoms with Gasteiger partial charge in [-0.3, -0.25) is 4.72 Å². The van der Waals surface area contributed by atoms with Crippen molar-refractivity contribution in [2.45, 2.75) is 11.4 Å². The van der Waals surface area contributed by atoms with E-state index in [0.29, 0.717) is 55.8 Å². The highest BCUT2D eigenvalue weighted by atomic mass is 35.5. The number of anilines is 1. The van der Waals surface area contributed by atoms with E-state index in [-0.39, 0.29) is 9.92 Å². The summed E-state index contributed by atoms with van der Waals surface area (Å²) in [5.74, 6) is 1.24. The lowest BCUT2D eigenvalue weighted by atomic mass is 10.2. The van der Waals surface area contributed by atoms with Crippen LogP contribution in [-0.2, 0) is 16.6 Å². The van der Waals surface area contributed by atoms with Crippen molar-refractivity contribution in [2.24, 2.45) is 0 Å². The highest BCUT2D eigenvalue weighted by Gasteiger charge is 2.17. The van der Waals surface area contributed by atoms with Crippen molar-refractivity contribution >= 4 is 27.3 Å². The third-order valence-electron chi connectivity index (χ3n) is 4.78. The Labute approximate surface area is 196 Å². The van der Waals surface area contributed by atoms with Crippen molar-refractivity contribution in [2.75, 3.05) is 31.1 Å². The van der Waals surface area contributed by atoms with Crippen molar-refractivity contribution in [3.05, 3.63) is 77.1 Å². The number of benzene rings is 3. The third kappa shape index (κ3) is 5.87. The molecule has 0 saturated carbocycles. The van der Waals surface area contributed by atoms with Crippen LogP contribution < -0.4 is 24.2 Å². The second-order valence-electron chi connectivity index (χ2n) is 7.19. The topological polar surface area (TPSA) is 85.9 Å². The van der Waals surface area contributed by atoms with E-state index in [2.05, 4.69) is 10.0 Å². The SMILES string of the molecule is O=S(=O)(Nc1cccc(CNCCOc2cccc3c2OCCO3)c1)c1ccc(F)c(Cl)c1. The summed E-state index contributed by atoms with van der Waals surface area (Å²) in [7, 11) is -3.90. The smallest absolute Gasteiger partial charge is 0.261 e. The second-order valence-corrected chi connectivity index (χ2v) is 9.28. The average molecular weight is 493 g/mol. The Balaban J connectivity index is 1.29. The number of ether oxygens (including phenoxy) is 3. The van der Waals surface area contributed by atoms with Gasteiger partial charge in [0, 0.05) is 18.8 Å². The van der Waals surface area contributed by atoms with E-state index in [1.165, 1.54) is 0 Å². The molecule has 1 heterocycles. The summed E-state index contributed by atoms with van der Waals surface area (Å²) < 4.78 is 57.9. The average Bonchev–Trinajstić information content (AvgIpc) is 2.80. The molecule has 4 rings (SSSR count). The Hall–Kier alpha value is -3.01. The first-order valence-electron chi connectivity index (χ1n) is 10.2. The molecule has 10 heteroatoms. The number of nitrogens with one attached hydrogen (secondary N) is 2. The van der Waals surface area contributed by atoms with Crippen LogP contribution in [0.5, 0.6) is 17.2 Å². The van der Waals surface area contributed by atoms with Gasteiger partial charge in [-0.1, -0.05) is 29.8 Å². The van der Waals surface area contributed by atoms with Gasteiger partial charge < -0.3 is 19.5 Å². The minimum atomic E-state index is -3.90. The lowest BCUT2D eigenvalue weighted by molar-refractivity contribution is 0.162. The Morgan fingerprint density at radius 1 is 1.03 bits per heavy atom. The zero-order valence-electron chi connectivity index (χ0n) is 17.5. The predicted octanol–water partition coefficient (Wildman–Crippen LogP) is 4.22. The molecule has 0 spiro atoms. The van der Waals surface area contributed by atoms with Crippen LogP contribution >= 0.6 is 11.6 Å². The number of halogens is 2. The molecule has 0 fully saturated rings. The van der Waals surface area contributed by atoms with Crippen LogP contribution in [0.15, 0.2) is 65.6 Å². The molecule has 174 valence electrons. The summed E-state index contributed by atoms with van der Waals surface area (Å²) in [6, 6.07) is 15.7. The fourth-order valence-corrected chi connectivity index (χ4v) is 4.55. The molecule has 0 bridgehead atoms. The number of rotatable bonds is 9. The van der Waals surface area contributed by atoms with Crippen molar-refractivity contribution < 1.29 is 27.0 Å². The molecule has 0 aromatic heterocycles. The Morgan fingerprint density at radius 3 is 2.70 bits per heavy atom. The number of para-hydroxylation sites is 1. The number of sulfonamides is 1. The largest absolute Gasteiger partial charge is 0.488 e. The molecule has 33 heavy (non-hydrogen) atoms. The molecule has 1 aliphatic rings. The molecule has 0 amide bonds. The van der Waals surface area contributed by atoms with E-state index in [1.54, 1.807) is 18.2 Å². The molecule has 1 aliphatic heterocycles. The standard InChI is InChI=1S/C23H22ClFN2O5S/c24-19-14-18(7-8-20(19)25)33(28,29)27-17-4-1-3-16(13-17)15-26-9-10-30-21-5-2-6-22-23(21)32-12-11-31-22/h1-8,13-14,26-27H,9-12,15H2. The van der Waals surface area contributed by atoms with E-state index < -0.39 is 15.8 Å². The molecule has 2 N–H and O–H groups in total. The normalized spacial score (nSPS) is 12.9. The zero-order valence-corrected chi connectivity index (χ0v) is 19.1. The first-order chi connectivity index (χ1) is 15.9. The van der Waals surface area contributed by atoms with E-state index in [1.807, 2.05) is 24.3 Å². The minimum Gasteiger partial charge on any atom is -0.488 e. The summed E-state index contributed by atoms with van der Waals surface area (Å²) in [5.41, 5.74) is 1.26. The Kier molecular flexibility index (Phi) is 7.22. The summed E-state index contributed by atoms with van der Waals surface area (Å²) in [6.45, 7) is 2.49. The monoisotopic (exact) mass is 492 g/mol.